The molecular weight excluding hydrogens is 306 g/mol. The van der Waals surface area contributed by atoms with Crippen LogP contribution in [-0.4, -0.2) is 41.0 Å². The minimum absolute atomic E-state index is 0.549. The molecule has 0 unspecified atom stereocenters. The molecule has 0 aliphatic carbocycles. The molecule has 0 radical (unpaired) electrons. The van der Waals surface area contributed by atoms with Gasteiger partial charge in [0.2, 0.25) is 0 Å². The molecule has 1 saturated heterocycles. The van der Waals surface area contributed by atoms with Gasteiger partial charge in [0, 0.05) is 29.4 Å². The lowest BCUT2D eigenvalue weighted by molar-refractivity contribution is 0.191. The predicted molar refractivity (Wildman–Crippen MR) is 99.9 cm³/mol. The first-order valence-electron chi connectivity index (χ1n) is 8.30. The van der Waals surface area contributed by atoms with Crippen molar-refractivity contribution < 1.29 is 0 Å². The number of thiol groups is 1. The van der Waals surface area contributed by atoms with Crippen LogP contribution >= 0.6 is 12.6 Å². The average Bonchev–Trinajstić information content (AvgIpc) is 2.57. The quantitative estimate of drug-likeness (QED) is 0.754. The number of aromatic nitrogens is 2. The van der Waals surface area contributed by atoms with Crippen LogP contribution in [0.3, 0.4) is 0 Å². The largest absolute Gasteiger partial charge is 0.383 e. The molecule has 0 atom stereocenters. The molecule has 1 aromatic heterocycles. The van der Waals surface area contributed by atoms with Crippen LogP contribution in [0, 0.1) is 0 Å². The molecule has 126 valence electrons. The van der Waals surface area contributed by atoms with Gasteiger partial charge in [-0.3, -0.25) is 4.90 Å². The number of nitrogens with two attached hydrogens (primary N) is 1. The van der Waals surface area contributed by atoms with Crippen LogP contribution in [0.25, 0.3) is 10.9 Å². The Balaban J connectivity index is 0.000000924. The van der Waals surface area contributed by atoms with E-state index in [1.807, 2.05) is 39.1 Å². The molecule has 2 aromatic rings. The lowest BCUT2D eigenvalue weighted by Gasteiger charge is -2.31. The molecule has 23 heavy (non-hydrogen) atoms. The lowest BCUT2D eigenvalue weighted by Crippen LogP contribution is -2.41. The van der Waals surface area contributed by atoms with Gasteiger partial charge in [-0.1, -0.05) is 13.8 Å². The first kappa shape index (κ1) is 18.0. The summed E-state index contributed by atoms with van der Waals surface area (Å²) in [5, 5.41) is 4.24. The van der Waals surface area contributed by atoms with Crippen LogP contribution in [0.1, 0.15) is 32.5 Å². The highest BCUT2D eigenvalue weighted by atomic mass is 32.1. The van der Waals surface area contributed by atoms with Gasteiger partial charge in [0.25, 0.3) is 0 Å². The maximum atomic E-state index is 6.05. The first-order valence-corrected chi connectivity index (χ1v) is 8.75. The third-order valence-corrected chi connectivity index (χ3v) is 4.40. The monoisotopic (exact) mass is 333 g/mol. The van der Waals surface area contributed by atoms with Crippen LogP contribution in [0.5, 0.6) is 0 Å². The van der Waals surface area contributed by atoms with E-state index in [1.165, 1.54) is 12.8 Å². The fourth-order valence-electron chi connectivity index (χ4n) is 2.84. The lowest BCUT2D eigenvalue weighted by atomic mass is 10.1. The van der Waals surface area contributed by atoms with E-state index in [1.54, 1.807) is 0 Å². The first-order chi connectivity index (χ1) is 11.2. The summed E-state index contributed by atoms with van der Waals surface area (Å²) in [6, 6.07) is 6.41. The van der Waals surface area contributed by atoms with Crippen molar-refractivity contribution in [3.63, 3.8) is 0 Å². The minimum atomic E-state index is 0.549. The Hall–Kier alpha value is -1.37. The Morgan fingerprint density at radius 1 is 1.26 bits per heavy atom. The molecule has 5 nitrogen and oxygen atoms in total. The van der Waals surface area contributed by atoms with E-state index < -0.39 is 0 Å². The van der Waals surface area contributed by atoms with Gasteiger partial charge >= 0.3 is 0 Å². The van der Waals surface area contributed by atoms with E-state index in [0.29, 0.717) is 11.9 Å². The second-order valence-electron chi connectivity index (χ2n) is 5.57. The van der Waals surface area contributed by atoms with E-state index in [4.69, 9.17) is 5.73 Å². The molecule has 3 rings (SSSR count). The maximum Gasteiger partial charge on any atom is 0.145 e. The number of rotatable bonds is 3. The van der Waals surface area contributed by atoms with E-state index in [9.17, 15) is 0 Å². The van der Waals surface area contributed by atoms with E-state index in [0.717, 1.165) is 41.3 Å². The molecule has 0 bridgehead atoms. The summed E-state index contributed by atoms with van der Waals surface area (Å²) in [4.78, 5) is 12.4. The third kappa shape index (κ3) is 4.56. The molecule has 1 fully saturated rings. The molecule has 0 amide bonds. The molecular formula is C17H27N5S. The van der Waals surface area contributed by atoms with Crippen molar-refractivity contribution in [2.75, 3.05) is 25.9 Å². The number of anilines is 1. The number of benzene rings is 1. The van der Waals surface area contributed by atoms with Gasteiger partial charge in [0.1, 0.15) is 11.6 Å². The highest BCUT2D eigenvalue weighted by Crippen LogP contribution is 2.21. The second-order valence-corrected chi connectivity index (χ2v) is 6.08. The summed E-state index contributed by atoms with van der Waals surface area (Å²) in [5.74, 6) is 1.34. The van der Waals surface area contributed by atoms with Gasteiger partial charge in [0.05, 0.1) is 12.1 Å². The zero-order valence-electron chi connectivity index (χ0n) is 14.2. The highest BCUT2D eigenvalue weighted by Gasteiger charge is 2.18. The molecule has 1 aliphatic rings. The molecule has 2 heterocycles. The summed E-state index contributed by atoms with van der Waals surface area (Å²) in [6.45, 7) is 6.90. The molecule has 3 N–H and O–H groups in total. The van der Waals surface area contributed by atoms with Crippen LogP contribution < -0.4 is 11.1 Å². The fraction of sp³-hybridized carbons (Fsp3) is 0.529. The van der Waals surface area contributed by atoms with Crippen LogP contribution in [-0.2, 0) is 6.54 Å². The number of hydrogen-bond acceptors (Lipinski definition) is 6. The fourth-order valence-corrected chi connectivity index (χ4v) is 3.04. The van der Waals surface area contributed by atoms with Crippen molar-refractivity contribution in [3.8, 4) is 0 Å². The van der Waals surface area contributed by atoms with Crippen molar-refractivity contribution in [3.05, 3.63) is 24.0 Å². The third-order valence-electron chi connectivity index (χ3n) is 4.12. The van der Waals surface area contributed by atoms with E-state index >= 15 is 0 Å². The van der Waals surface area contributed by atoms with Gasteiger partial charge < -0.3 is 11.1 Å². The number of likely N-dealkylation sites (tertiary alicyclic amines) is 1. The Morgan fingerprint density at radius 2 is 1.96 bits per heavy atom. The van der Waals surface area contributed by atoms with Gasteiger partial charge in [-0.15, -0.1) is 12.6 Å². The van der Waals surface area contributed by atoms with Crippen molar-refractivity contribution >= 4 is 29.3 Å². The zero-order valence-corrected chi connectivity index (χ0v) is 15.1. The topological polar surface area (TPSA) is 67.1 Å². The molecule has 0 saturated carbocycles. The second kappa shape index (κ2) is 8.47. The summed E-state index contributed by atoms with van der Waals surface area (Å²) >= 11 is 4.36. The van der Waals surface area contributed by atoms with Gasteiger partial charge in [0.15, 0.2) is 0 Å². The summed E-state index contributed by atoms with van der Waals surface area (Å²) in [5.41, 5.74) is 6.92. The van der Waals surface area contributed by atoms with Crippen LogP contribution in [0.15, 0.2) is 23.1 Å². The van der Waals surface area contributed by atoms with E-state index in [2.05, 4.69) is 32.8 Å². The Bertz CT molecular complexity index is 638. The maximum absolute atomic E-state index is 6.05. The summed E-state index contributed by atoms with van der Waals surface area (Å²) in [6.07, 6.45) is 2.33. The van der Waals surface area contributed by atoms with Gasteiger partial charge in [-0.2, -0.15) is 0 Å². The molecule has 6 heteroatoms. The molecule has 1 aliphatic heterocycles. The highest BCUT2D eigenvalue weighted by molar-refractivity contribution is 7.80. The van der Waals surface area contributed by atoms with Crippen molar-refractivity contribution in [2.24, 2.45) is 0 Å². The van der Waals surface area contributed by atoms with E-state index in [-0.39, 0.29) is 0 Å². The van der Waals surface area contributed by atoms with Crippen molar-refractivity contribution in [1.29, 1.82) is 0 Å². The number of piperidine rings is 1. The van der Waals surface area contributed by atoms with Crippen LogP contribution in [0.4, 0.5) is 5.82 Å². The normalized spacial score (nSPS) is 16.2. The van der Waals surface area contributed by atoms with Crippen LogP contribution in [0.2, 0.25) is 0 Å². The molecule has 0 spiro atoms. The van der Waals surface area contributed by atoms with Crippen molar-refractivity contribution in [2.45, 2.75) is 44.2 Å². The summed E-state index contributed by atoms with van der Waals surface area (Å²) < 4.78 is 0. The standard InChI is InChI=1S/C15H21N5S.C2H6/c1-17-10-4-6-20(7-5-10)9-14-18-13-8-11(21)2-3-12(13)15(16)19-14;1-2/h2-3,8,10,17,21H,4-7,9H2,1H3,(H2,16,18,19);1-2H3. The number of nitrogens with zero attached hydrogens (tertiary/aromatic N) is 3. The molecule has 1 aromatic carbocycles. The SMILES string of the molecule is CC.CNC1CCN(Cc2nc(N)c3ccc(S)cc3n2)CC1. The number of fused-ring (bicyclic) bond motifs is 1. The van der Waals surface area contributed by atoms with Gasteiger partial charge in [-0.05, 0) is 38.1 Å². The summed E-state index contributed by atoms with van der Waals surface area (Å²) in [7, 11) is 2.03. The minimum Gasteiger partial charge on any atom is -0.383 e. The Morgan fingerprint density at radius 3 is 2.61 bits per heavy atom. The number of nitrogens with one attached hydrogen (secondary N) is 1. The number of hydrogen-bond donors (Lipinski definition) is 3. The predicted octanol–water partition coefficient (Wildman–Crippen LogP) is 2.71. The number of nitrogen functional groups attached to an aromatic ring is 1. The Labute approximate surface area is 144 Å². The van der Waals surface area contributed by atoms with Crippen molar-refractivity contribution in [1.82, 2.24) is 20.2 Å². The smallest absolute Gasteiger partial charge is 0.145 e. The van der Waals surface area contributed by atoms with Gasteiger partial charge in [-0.25, -0.2) is 9.97 Å². The average molecular weight is 334 g/mol. The Kier molecular flexibility index (Phi) is 6.62. The zero-order chi connectivity index (χ0) is 16.8.